The molecule has 0 spiro atoms. The lowest BCUT2D eigenvalue weighted by atomic mass is 9.89. The number of nitrogens with one attached hydrogen (secondary N) is 2. The van der Waals surface area contributed by atoms with E-state index < -0.39 is 0 Å². The lowest BCUT2D eigenvalue weighted by molar-refractivity contribution is 0.561. The van der Waals surface area contributed by atoms with Gasteiger partial charge in [0.05, 0.1) is 11.9 Å². The summed E-state index contributed by atoms with van der Waals surface area (Å²) in [4.78, 5) is 3.93. The van der Waals surface area contributed by atoms with Gasteiger partial charge in [-0.15, -0.1) is 0 Å². The Labute approximate surface area is 129 Å². The van der Waals surface area contributed by atoms with Gasteiger partial charge < -0.3 is 9.73 Å². The molecule has 5 nitrogen and oxygen atoms in total. The van der Waals surface area contributed by atoms with E-state index in [1.54, 1.807) is 6.20 Å². The summed E-state index contributed by atoms with van der Waals surface area (Å²) >= 11 is 0. The van der Waals surface area contributed by atoms with E-state index in [1.165, 1.54) is 12.0 Å². The predicted molar refractivity (Wildman–Crippen MR) is 86.6 cm³/mol. The van der Waals surface area contributed by atoms with Crippen LogP contribution in [-0.4, -0.2) is 15.2 Å². The van der Waals surface area contributed by atoms with Gasteiger partial charge in [-0.25, -0.2) is 4.98 Å². The monoisotopic (exact) mass is 296 g/mol. The number of nitrogens with zero attached hydrogens (tertiary/aromatic N) is 2. The van der Waals surface area contributed by atoms with Crippen molar-refractivity contribution in [3.05, 3.63) is 54.3 Å². The molecule has 0 aliphatic heterocycles. The number of benzene rings is 1. The third-order valence-electron chi connectivity index (χ3n) is 3.51. The molecular weight excluding hydrogens is 276 g/mol. The molecule has 0 saturated carbocycles. The average molecular weight is 296 g/mol. The maximum atomic E-state index is 5.29. The maximum absolute atomic E-state index is 5.29. The molecule has 114 valence electrons. The minimum absolute atomic E-state index is 0.0349. The summed E-state index contributed by atoms with van der Waals surface area (Å²) in [5, 5.41) is 10.7. The van der Waals surface area contributed by atoms with Crippen molar-refractivity contribution in [2.75, 3.05) is 5.32 Å². The molecule has 0 aliphatic carbocycles. The highest BCUT2D eigenvalue weighted by atomic mass is 16.3. The van der Waals surface area contributed by atoms with Crippen LogP contribution in [0.25, 0.3) is 11.3 Å². The minimum Gasteiger partial charge on any atom is -0.444 e. The van der Waals surface area contributed by atoms with Crippen LogP contribution in [0.4, 0.5) is 5.69 Å². The molecule has 0 bridgehead atoms. The SMILES string of the molecule is CC(C)(C)c1n[nH]cc1CNc1ccc(-c2cnco2)cc1. The lowest BCUT2D eigenvalue weighted by Gasteiger charge is -2.17. The van der Waals surface area contributed by atoms with Crippen molar-refractivity contribution in [3.63, 3.8) is 0 Å². The summed E-state index contributed by atoms with van der Waals surface area (Å²) in [6.07, 6.45) is 5.11. The summed E-state index contributed by atoms with van der Waals surface area (Å²) in [5.74, 6) is 0.774. The van der Waals surface area contributed by atoms with Gasteiger partial charge in [0.15, 0.2) is 12.2 Å². The van der Waals surface area contributed by atoms with Gasteiger partial charge in [0.25, 0.3) is 0 Å². The largest absolute Gasteiger partial charge is 0.444 e. The van der Waals surface area contributed by atoms with Crippen LogP contribution in [0.5, 0.6) is 0 Å². The molecule has 3 aromatic rings. The predicted octanol–water partition coefficient (Wildman–Crippen LogP) is 3.97. The highest BCUT2D eigenvalue weighted by molar-refractivity contribution is 5.60. The molecule has 22 heavy (non-hydrogen) atoms. The van der Waals surface area contributed by atoms with Gasteiger partial charge >= 0.3 is 0 Å². The van der Waals surface area contributed by atoms with Gasteiger partial charge in [-0.2, -0.15) is 5.10 Å². The summed E-state index contributed by atoms with van der Waals surface area (Å²) in [7, 11) is 0. The summed E-state index contributed by atoms with van der Waals surface area (Å²) in [6.45, 7) is 7.24. The van der Waals surface area contributed by atoms with E-state index in [0.717, 1.165) is 29.2 Å². The third-order valence-corrected chi connectivity index (χ3v) is 3.51. The first-order valence-corrected chi connectivity index (χ1v) is 7.30. The highest BCUT2D eigenvalue weighted by Crippen LogP contribution is 2.25. The molecule has 2 N–H and O–H groups in total. The Balaban J connectivity index is 1.69. The van der Waals surface area contributed by atoms with E-state index in [9.17, 15) is 0 Å². The zero-order valence-corrected chi connectivity index (χ0v) is 13.1. The van der Waals surface area contributed by atoms with Crippen molar-refractivity contribution in [3.8, 4) is 11.3 Å². The van der Waals surface area contributed by atoms with Gasteiger partial charge in [-0.05, 0) is 24.3 Å². The molecule has 0 atom stereocenters. The first-order chi connectivity index (χ1) is 10.5. The number of oxazole rings is 1. The molecular formula is C17H20N4O. The van der Waals surface area contributed by atoms with Crippen LogP contribution in [0.2, 0.25) is 0 Å². The number of hydrogen-bond donors (Lipinski definition) is 2. The summed E-state index contributed by atoms with van der Waals surface area (Å²) in [6, 6.07) is 8.11. The maximum Gasteiger partial charge on any atom is 0.181 e. The minimum atomic E-state index is 0.0349. The van der Waals surface area contributed by atoms with Crippen LogP contribution >= 0.6 is 0 Å². The Bertz CT molecular complexity index is 721. The smallest absolute Gasteiger partial charge is 0.181 e. The molecule has 2 heterocycles. The molecule has 0 saturated heterocycles. The number of hydrogen-bond acceptors (Lipinski definition) is 4. The van der Waals surface area contributed by atoms with Gasteiger partial charge in [-0.3, -0.25) is 5.10 Å². The van der Waals surface area contributed by atoms with Crippen LogP contribution in [0.15, 0.2) is 47.5 Å². The van der Waals surface area contributed by atoms with E-state index in [4.69, 9.17) is 4.42 Å². The van der Waals surface area contributed by atoms with Crippen molar-refractivity contribution >= 4 is 5.69 Å². The second kappa shape index (κ2) is 5.67. The molecule has 0 amide bonds. The fraction of sp³-hybridized carbons (Fsp3) is 0.294. The average Bonchev–Trinajstić information content (AvgIpc) is 3.16. The van der Waals surface area contributed by atoms with E-state index in [1.807, 2.05) is 30.5 Å². The van der Waals surface area contributed by atoms with Crippen LogP contribution in [0.1, 0.15) is 32.0 Å². The van der Waals surface area contributed by atoms with Crippen molar-refractivity contribution in [1.82, 2.24) is 15.2 Å². The standard InChI is InChI=1S/C17H20N4O/c1-17(2,3)16-13(9-20-21-16)8-19-14-6-4-12(5-7-14)15-10-18-11-22-15/h4-7,9-11,19H,8H2,1-3H3,(H,20,21). The molecule has 3 rings (SSSR count). The topological polar surface area (TPSA) is 66.7 Å². The molecule has 5 heteroatoms. The normalized spacial score (nSPS) is 11.6. The first-order valence-electron chi connectivity index (χ1n) is 7.30. The zero-order chi connectivity index (χ0) is 15.6. The molecule has 2 aromatic heterocycles. The molecule has 0 aliphatic rings. The Kier molecular flexibility index (Phi) is 3.71. The highest BCUT2D eigenvalue weighted by Gasteiger charge is 2.20. The zero-order valence-electron chi connectivity index (χ0n) is 13.1. The third kappa shape index (κ3) is 3.03. The fourth-order valence-electron chi connectivity index (χ4n) is 2.41. The van der Waals surface area contributed by atoms with Crippen LogP contribution in [0, 0.1) is 0 Å². The number of aromatic nitrogens is 3. The first kappa shape index (κ1) is 14.4. The van der Waals surface area contributed by atoms with Crippen LogP contribution < -0.4 is 5.32 Å². The lowest BCUT2D eigenvalue weighted by Crippen LogP contribution is -2.15. The molecule has 0 unspecified atom stereocenters. The van der Waals surface area contributed by atoms with Gasteiger partial charge in [0.2, 0.25) is 0 Å². The Morgan fingerprint density at radius 1 is 1.18 bits per heavy atom. The molecule has 0 fully saturated rings. The van der Waals surface area contributed by atoms with Crippen molar-refractivity contribution in [2.45, 2.75) is 32.7 Å². The number of rotatable bonds is 4. The second-order valence-electron chi connectivity index (χ2n) is 6.31. The second-order valence-corrected chi connectivity index (χ2v) is 6.31. The van der Waals surface area contributed by atoms with Crippen LogP contribution in [-0.2, 0) is 12.0 Å². The van der Waals surface area contributed by atoms with Crippen molar-refractivity contribution in [1.29, 1.82) is 0 Å². The van der Waals surface area contributed by atoms with Crippen molar-refractivity contribution in [2.24, 2.45) is 0 Å². The van der Waals surface area contributed by atoms with Gasteiger partial charge in [0, 0.05) is 35.0 Å². The summed E-state index contributed by atoms with van der Waals surface area (Å²) < 4.78 is 5.29. The van der Waals surface area contributed by atoms with E-state index in [0.29, 0.717) is 0 Å². The van der Waals surface area contributed by atoms with Gasteiger partial charge in [0.1, 0.15) is 0 Å². The van der Waals surface area contributed by atoms with Crippen LogP contribution in [0.3, 0.4) is 0 Å². The number of aromatic amines is 1. The Morgan fingerprint density at radius 3 is 2.59 bits per heavy atom. The number of anilines is 1. The molecule has 0 radical (unpaired) electrons. The van der Waals surface area contributed by atoms with E-state index in [-0.39, 0.29) is 5.41 Å². The Hall–Kier alpha value is -2.56. The fourth-order valence-corrected chi connectivity index (χ4v) is 2.41. The molecule has 1 aromatic carbocycles. The van der Waals surface area contributed by atoms with E-state index >= 15 is 0 Å². The van der Waals surface area contributed by atoms with Gasteiger partial charge in [-0.1, -0.05) is 20.8 Å². The quantitative estimate of drug-likeness (QED) is 0.764. The van der Waals surface area contributed by atoms with Crippen molar-refractivity contribution < 1.29 is 4.42 Å². The summed E-state index contributed by atoms with van der Waals surface area (Å²) in [5.41, 5.74) is 4.39. The Morgan fingerprint density at radius 2 is 1.95 bits per heavy atom. The number of H-pyrrole nitrogens is 1. The van der Waals surface area contributed by atoms with E-state index in [2.05, 4.69) is 41.3 Å².